The summed E-state index contributed by atoms with van der Waals surface area (Å²) in [5.41, 5.74) is 0.743. The molecular weight excluding hydrogens is 466 g/mol. The zero-order valence-corrected chi connectivity index (χ0v) is 19.1. The van der Waals surface area contributed by atoms with Crippen LogP contribution in [0.3, 0.4) is 0 Å². The fraction of sp³-hybridized carbons (Fsp3) is 0.217. The number of hydrogen-bond donors (Lipinski definition) is 2. The summed E-state index contributed by atoms with van der Waals surface area (Å²) >= 11 is 5.82. The second-order valence-corrected chi connectivity index (χ2v) is 9.77. The van der Waals surface area contributed by atoms with E-state index in [1.165, 1.54) is 30.5 Å². The molecule has 0 bridgehead atoms. The van der Waals surface area contributed by atoms with Crippen molar-refractivity contribution < 1.29 is 22.4 Å². The van der Waals surface area contributed by atoms with Gasteiger partial charge >= 0.3 is 0 Å². The average molecular weight is 488 g/mol. The SMILES string of the molecule is O=C(NC1CCN(C(=O)c2ccco2)CC1)c1ccc(S(=O)(=O)Nc2ccc(Cl)cc2)cc1. The molecule has 2 aromatic carbocycles. The zero-order valence-electron chi connectivity index (χ0n) is 17.5. The second-order valence-electron chi connectivity index (χ2n) is 7.65. The van der Waals surface area contributed by atoms with Crippen LogP contribution in [0.1, 0.15) is 33.8 Å². The average Bonchev–Trinajstić information content (AvgIpc) is 3.36. The lowest BCUT2D eigenvalue weighted by molar-refractivity contribution is 0.0667. The third-order valence-corrected chi connectivity index (χ3v) is 7.02. The highest BCUT2D eigenvalue weighted by Crippen LogP contribution is 2.19. The molecule has 0 saturated carbocycles. The first kappa shape index (κ1) is 22.9. The number of halogens is 1. The van der Waals surface area contributed by atoms with Crippen molar-refractivity contribution in [3.8, 4) is 0 Å². The zero-order chi connectivity index (χ0) is 23.4. The second kappa shape index (κ2) is 9.68. The number of anilines is 1. The number of likely N-dealkylation sites (tertiary alicyclic amines) is 1. The van der Waals surface area contributed by atoms with Gasteiger partial charge in [-0.2, -0.15) is 0 Å². The number of carbonyl (C=O) groups is 2. The molecule has 0 atom stereocenters. The molecule has 2 heterocycles. The molecule has 1 aromatic heterocycles. The van der Waals surface area contributed by atoms with Crippen LogP contribution in [-0.2, 0) is 10.0 Å². The third kappa shape index (κ3) is 5.55. The number of nitrogens with one attached hydrogen (secondary N) is 2. The van der Waals surface area contributed by atoms with Crippen molar-refractivity contribution >= 4 is 39.1 Å². The first-order valence-corrected chi connectivity index (χ1v) is 12.2. The molecule has 1 aliphatic rings. The Morgan fingerprint density at radius 2 is 1.64 bits per heavy atom. The van der Waals surface area contributed by atoms with Gasteiger partial charge < -0.3 is 14.6 Å². The monoisotopic (exact) mass is 487 g/mol. The Morgan fingerprint density at radius 3 is 2.24 bits per heavy atom. The minimum absolute atomic E-state index is 0.0405. The lowest BCUT2D eigenvalue weighted by Gasteiger charge is -2.31. The Labute approximate surface area is 196 Å². The van der Waals surface area contributed by atoms with Crippen molar-refractivity contribution in [1.29, 1.82) is 0 Å². The van der Waals surface area contributed by atoms with Crippen LogP contribution in [0.5, 0.6) is 0 Å². The van der Waals surface area contributed by atoms with Crippen LogP contribution in [0, 0.1) is 0 Å². The summed E-state index contributed by atoms with van der Waals surface area (Å²) in [6.45, 7) is 1.02. The number of piperidine rings is 1. The summed E-state index contributed by atoms with van der Waals surface area (Å²) in [4.78, 5) is 26.7. The molecule has 1 aliphatic heterocycles. The van der Waals surface area contributed by atoms with E-state index in [1.807, 2.05) is 0 Å². The molecule has 3 aromatic rings. The molecule has 0 unspecified atom stereocenters. The summed E-state index contributed by atoms with van der Waals surface area (Å²) < 4.78 is 32.8. The molecule has 2 amide bonds. The van der Waals surface area contributed by atoms with Crippen LogP contribution >= 0.6 is 11.6 Å². The van der Waals surface area contributed by atoms with E-state index in [4.69, 9.17) is 16.0 Å². The van der Waals surface area contributed by atoms with Gasteiger partial charge in [-0.05, 0) is 73.5 Å². The van der Waals surface area contributed by atoms with Gasteiger partial charge in [-0.1, -0.05) is 11.6 Å². The first-order chi connectivity index (χ1) is 15.8. The fourth-order valence-corrected chi connectivity index (χ4v) is 4.75. The number of sulfonamides is 1. The smallest absolute Gasteiger partial charge is 0.289 e. The van der Waals surface area contributed by atoms with Gasteiger partial charge in [0.1, 0.15) is 0 Å². The highest BCUT2D eigenvalue weighted by atomic mass is 35.5. The maximum atomic E-state index is 12.6. The molecule has 2 N–H and O–H groups in total. The van der Waals surface area contributed by atoms with Gasteiger partial charge in [-0.3, -0.25) is 14.3 Å². The number of carbonyl (C=O) groups excluding carboxylic acids is 2. The molecule has 0 radical (unpaired) electrons. The predicted octanol–water partition coefficient (Wildman–Crippen LogP) is 3.77. The Kier molecular flexibility index (Phi) is 6.71. The number of furan rings is 1. The van der Waals surface area contributed by atoms with E-state index in [1.54, 1.807) is 41.3 Å². The molecule has 33 heavy (non-hydrogen) atoms. The van der Waals surface area contributed by atoms with E-state index in [0.29, 0.717) is 48.0 Å². The lowest BCUT2D eigenvalue weighted by atomic mass is 10.0. The van der Waals surface area contributed by atoms with Crippen LogP contribution in [0.15, 0.2) is 76.2 Å². The van der Waals surface area contributed by atoms with Crippen molar-refractivity contribution in [2.75, 3.05) is 17.8 Å². The minimum Gasteiger partial charge on any atom is -0.459 e. The number of rotatable bonds is 6. The summed E-state index contributed by atoms with van der Waals surface area (Å²) in [7, 11) is -3.80. The van der Waals surface area contributed by atoms with E-state index >= 15 is 0 Å². The predicted molar refractivity (Wildman–Crippen MR) is 124 cm³/mol. The van der Waals surface area contributed by atoms with Crippen LogP contribution in [0.25, 0.3) is 0 Å². The van der Waals surface area contributed by atoms with Gasteiger partial charge in [0.2, 0.25) is 0 Å². The van der Waals surface area contributed by atoms with Gasteiger partial charge in [0, 0.05) is 35.4 Å². The Hall–Kier alpha value is -3.30. The lowest BCUT2D eigenvalue weighted by Crippen LogP contribution is -2.46. The summed E-state index contributed by atoms with van der Waals surface area (Å²) in [6, 6.07) is 15.3. The Bertz CT molecular complexity index is 1220. The molecule has 1 saturated heterocycles. The third-order valence-electron chi connectivity index (χ3n) is 5.37. The molecule has 4 rings (SSSR count). The topological polar surface area (TPSA) is 109 Å². The number of benzene rings is 2. The van der Waals surface area contributed by atoms with Gasteiger partial charge in [0.25, 0.3) is 21.8 Å². The number of nitrogens with zero attached hydrogens (tertiary/aromatic N) is 1. The Balaban J connectivity index is 1.32. The van der Waals surface area contributed by atoms with Crippen LogP contribution in [-0.4, -0.2) is 44.3 Å². The van der Waals surface area contributed by atoms with E-state index in [-0.39, 0.29) is 22.8 Å². The largest absolute Gasteiger partial charge is 0.459 e. The normalized spacial score (nSPS) is 14.6. The molecule has 0 spiro atoms. The first-order valence-electron chi connectivity index (χ1n) is 10.3. The highest BCUT2D eigenvalue weighted by molar-refractivity contribution is 7.92. The van der Waals surface area contributed by atoms with Crippen LogP contribution in [0.2, 0.25) is 5.02 Å². The molecule has 172 valence electrons. The molecule has 10 heteroatoms. The maximum Gasteiger partial charge on any atom is 0.289 e. The van der Waals surface area contributed by atoms with E-state index in [0.717, 1.165) is 0 Å². The highest BCUT2D eigenvalue weighted by Gasteiger charge is 2.26. The molecule has 8 nitrogen and oxygen atoms in total. The fourth-order valence-electron chi connectivity index (χ4n) is 3.57. The maximum absolute atomic E-state index is 12.6. The number of amides is 2. The number of hydrogen-bond acceptors (Lipinski definition) is 5. The minimum atomic E-state index is -3.80. The van der Waals surface area contributed by atoms with Crippen molar-refractivity contribution in [2.45, 2.75) is 23.8 Å². The van der Waals surface area contributed by atoms with Crippen molar-refractivity contribution in [1.82, 2.24) is 10.2 Å². The van der Waals surface area contributed by atoms with E-state index < -0.39 is 10.0 Å². The Morgan fingerprint density at radius 1 is 0.970 bits per heavy atom. The summed E-state index contributed by atoms with van der Waals surface area (Å²) in [6.07, 6.45) is 2.70. The van der Waals surface area contributed by atoms with Gasteiger partial charge in [-0.25, -0.2) is 8.42 Å². The molecule has 1 fully saturated rings. The standard InChI is InChI=1S/C23H22ClN3O5S/c24-17-5-7-19(8-6-17)26-33(30,31)20-9-3-16(4-10-20)22(28)25-18-11-13-27(14-12-18)23(29)21-2-1-15-32-21/h1-10,15,18,26H,11-14H2,(H,25,28). The van der Waals surface area contributed by atoms with E-state index in [9.17, 15) is 18.0 Å². The van der Waals surface area contributed by atoms with Crippen LogP contribution in [0.4, 0.5) is 5.69 Å². The summed E-state index contributed by atoms with van der Waals surface area (Å²) in [5, 5.41) is 3.46. The van der Waals surface area contributed by atoms with E-state index in [2.05, 4.69) is 10.0 Å². The van der Waals surface area contributed by atoms with Gasteiger partial charge in [0.15, 0.2) is 5.76 Å². The van der Waals surface area contributed by atoms with Crippen molar-refractivity contribution in [3.05, 3.63) is 83.3 Å². The summed E-state index contributed by atoms with van der Waals surface area (Å²) in [5.74, 6) is -0.146. The van der Waals surface area contributed by atoms with Gasteiger partial charge in [0.05, 0.1) is 11.2 Å². The molecular formula is C23H22ClN3O5S. The van der Waals surface area contributed by atoms with Crippen LogP contribution < -0.4 is 10.0 Å². The van der Waals surface area contributed by atoms with Crippen molar-refractivity contribution in [3.63, 3.8) is 0 Å². The quantitative estimate of drug-likeness (QED) is 0.550. The van der Waals surface area contributed by atoms with Crippen molar-refractivity contribution in [2.24, 2.45) is 0 Å². The van der Waals surface area contributed by atoms with Gasteiger partial charge in [-0.15, -0.1) is 0 Å². The molecule has 0 aliphatic carbocycles.